The van der Waals surface area contributed by atoms with Gasteiger partial charge in [-0.2, -0.15) is 0 Å². The van der Waals surface area contributed by atoms with Gasteiger partial charge >= 0.3 is 11.9 Å². The molecule has 2 unspecified atom stereocenters. The van der Waals surface area contributed by atoms with Gasteiger partial charge in [0.2, 0.25) is 5.12 Å². The molecule has 5 nitrogen and oxygen atoms in total. The van der Waals surface area contributed by atoms with Crippen LogP contribution in [0.4, 0.5) is 0 Å². The van der Waals surface area contributed by atoms with Crippen LogP contribution in [-0.4, -0.2) is 34.4 Å². The van der Waals surface area contributed by atoms with Gasteiger partial charge in [0.05, 0.1) is 5.92 Å². The average Bonchev–Trinajstić information content (AvgIpc) is 3.25. The molecule has 3 atom stereocenters. The number of nitrogens with one attached hydrogen (secondary N) is 1. The maximum atomic E-state index is 12.6. The summed E-state index contributed by atoms with van der Waals surface area (Å²) in [5, 5.41) is 2.99. The first-order valence-electron chi connectivity index (χ1n) is 8.77. The Labute approximate surface area is 151 Å². The van der Waals surface area contributed by atoms with Crippen LogP contribution in [0.3, 0.4) is 0 Å². The minimum Gasteiger partial charge on any atom is -0.392 e. The minimum atomic E-state index is -0.534. The quantitative estimate of drug-likeness (QED) is 0.657. The maximum Gasteiger partial charge on any atom is 0.330 e. The molecule has 1 saturated carbocycles. The summed E-state index contributed by atoms with van der Waals surface area (Å²) in [6.07, 6.45) is 3.87. The zero-order valence-corrected chi connectivity index (χ0v) is 15.1. The molecule has 2 fully saturated rings. The Hall–Kier alpha value is -1.66. The predicted molar refractivity (Wildman–Crippen MR) is 96.2 cm³/mol. The van der Waals surface area contributed by atoms with E-state index in [2.05, 4.69) is 5.32 Å². The molecule has 25 heavy (non-hydrogen) atoms. The number of benzene rings is 1. The Bertz CT molecular complexity index is 657. The summed E-state index contributed by atoms with van der Waals surface area (Å²) in [6, 6.07) is 8.68. The first-order chi connectivity index (χ1) is 12.0. The molecule has 1 aromatic carbocycles. The van der Waals surface area contributed by atoms with Gasteiger partial charge in [0.1, 0.15) is 6.04 Å². The van der Waals surface area contributed by atoms with Crippen molar-refractivity contribution in [3.63, 3.8) is 0 Å². The van der Waals surface area contributed by atoms with Crippen molar-refractivity contribution in [2.24, 2.45) is 5.92 Å². The van der Waals surface area contributed by atoms with Crippen molar-refractivity contribution < 1.29 is 19.1 Å². The second-order valence-electron chi connectivity index (χ2n) is 6.90. The maximum absolute atomic E-state index is 12.6. The highest BCUT2D eigenvalue weighted by atomic mass is 32.2. The van der Waals surface area contributed by atoms with E-state index in [9.17, 15) is 14.4 Å². The summed E-state index contributed by atoms with van der Waals surface area (Å²) in [5.41, 5.74) is 0.624. The lowest BCUT2D eigenvalue weighted by molar-refractivity contribution is -0.164. The van der Waals surface area contributed by atoms with Crippen LogP contribution in [0.1, 0.15) is 49.4 Å². The van der Waals surface area contributed by atoms with Gasteiger partial charge in [-0.05, 0) is 39.2 Å². The fourth-order valence-electron chi connectivity index (χ4n) is 3.60. The number of carbonyl (C=O) groups excluding carboxylic acids is 3. The fraction of sp³-hybridized carbons (Fsp3) is 0.526. The van der Waals surface area contributed by atoms with E-state index in [1.54, 1.807) is 12.1 Å². The van der Waals surface area contributed by atoms with Crippen molar-refractivity contribution in [3.8, 4) is 0 Å². The van der Waals surface area contributed by atoms with Crippen molar-refractivity contribution in [2.75, 3.05) is 6.54 Å². The molecule has 1 N–H and O–H groups in total. The topological polar surface area (TPSA) is 72.5 Å². The van der Waals surface area contributed by atoms with Crippen LogP contribution in [0.15, 0.2) is 30.3 Å². The zero-order valence-electron chi connectivity index (χ0n) is 14.3. The van der Waals surface area contributed by atoms with E-state index in [1.807, 2.05) is 25.1 Å². The summed E-state index contributed by atoms with van der Waals surface area (Å²) in [4.78, 5) is 37.2. The Kier molecular flexibility index (Phi) is 5.59. The highest BCUT2D eigenvalue weighted by Gasteiger charge is 2.47. The summed E-state index contributed by atoms with van der Waals surface area (Å²) < 4.78 is 4.60. The molecular weight excluding hydrogens is 338 g/mol. The van der Waals surface area contributed by atoms with E-state index in [0.29, 0.717) is 18.4 Å². The lowest BCUT2D eigenvalue weighted by Crippen LogP contribution is -2.39. The van der Waals surface area contributed by atoms with E-state index in [4.69, 9.17) is 4.74 Å². The molecule has 3 rings (SSSR count). The first-order valence-corrected chi connectivity index (χ1v) is 9.58. The number of hydrogen-bond acceptors (Lipinski definition) is 6. The van der Waals surface area contributed by atoms with Gasteiger partial charge < -0.3 is 10.1 Å². The van der Waals surface area contributed by atoms with Crippen molar-refractivity contribution in [1.29, 1.82) is 0 Å². The number of esters is 2. The molecule has 1 aliphatic heterocycles. The standard InChI is InChI=1S/C19H23NO4S/c1-19(25-18(23)13-7-3-2-4-8-13)11-5-9-14(19)16(21)24-17(22)15-10-6-12-20-15/h2-4,7-8,14-15,20H,5-6,9-12H2,1H3/t14?,15-,19?/m0/s1. The molecule has 1 aliphatic carbocycles. The second kappa shape index (κ2) is 7.70. The third kappa shape index (κ3) is 4.12. The van der Waals surface area contributed by atoms with Gasteiger partial charge in [0.15, 0.2) is 0 Å². The largest absolute Gasteiger partial charge is 0.392 e. The van der Waals surface area contributed by atoms with Crippen molar-refractivity contribution in [1.82, 2.24) is 5.32 Å². The predicted octanol–water partition coefficient (Wildman–Crippen LogP) is 2.94. The molecule has 6 heteroatoms. The smallest absolute Gasteiger partial charge is 0.330 e. The molecule has 0 amide bonds. The SMILES string of the molecule is CC1(SC(=O)c2ccccc2)CCCC1C(=O)OC(=O)[C@@H]1CCCN1. The van der Waals surface area contributed by atoms with Crippen LogP contribution in [0.25, 0.3) is 0 Å². The molecule has 0 bridgehead atoms. The molecule has 1 saturated heterocycles. The number of carbonyl (C=O) groups is 3. The molecular formula is C19H23NO4S. The molecule has 1 heterocycles. The van der Waals surface area contributed by atoms with Crippen LogP contribution < -0.4 is 5.32 Å². The van der Waals surface area contributed by atoms with E-state index >= 15 is 0 Å². The van der Waals surface area contributed by atoms with Crippen LogP contribution in [0, 0.1) is 5.92 Å². The summed E-state index contributed by atoms with van der Waals surface area (Å²) in [5.74, 6) is -1.42. The molecule has 134 valence electrons. The summed E-state index contributed by atoms with van der Waals surface area (Å²) in [7, 11) is 0. The minimum absolute atomic E-state index is 0.0495. The van der Waals surface area contributed by atoms with Crippen molar-refractivity contribution >= 4 is 28.8 Å². The third-order valence-electron chi connectivity index (χ3n) is 5.07. The zero-order chi connectivity index (χ0) is 17.9. The lowest BCUT2D eigenvalue weighted by Gasteiger charge is -2.28. The van der Waals surface area contributed by atoms with Gasteiger partial charge in [-0.25, -0.2) is 4.79 Å². The van der Waals surface area contributed by atoms with Gasteiger partial charge in [0, 0.05) is 10.3 Å². The molecule has 2 aliphatic rings. The van der Waals surface area contributed by atoms with E-state index < -0.39 is 22.6 Å². The number of ether oxygens (including phenoxy) is 1. The van der Waals surface area contributed by atoms with Crippen LogP contribution in [0.2, 0.25) is 0 Å². The lowest BCUT2D eigenvalue weighted by atomic mass is 9.97. The van der Waals surface area contributed by atoms with Gasteiger partial charge in [0.25, 0.3) is 0 Å². The fourth-order valence-corrected chi connectivity index (χ4v) is 4.88. The Morgan fingerprint density at radius 1 is 1.12 bits per heavy atom. The van der Waals surface area contributed by atoms with Crippen LogP contribution >= 0.6 is 11.8 Å². The number of hydrogen-bond donors (Lipinski definition) is 1. The molecule has 0 spiro atoms. The van der Waals surface area contributed by atoms with Crippen LogP contribution in [-0.2, 0) is 14.3 Å². The van der Waals surface area contributed by atoms with Gasteiger partial charge in [-0.1, -0.05) is 48.5 Å². The monoisotopic (exact) mass is 361 g/mol. The third-order valence-corrected chi connectivity index (χ3v) is 6.45. The van der Waals surface area contributed by atoms with Gasteiger partial charge in [-0.3, -0.25) is 9.59 Å². The van der Waals surface area contributed by atoms with Crippen molar-refractivity contribution in [2.45, 2.75) is 49.8 Å². The number of rotatable bonds is 4. The normalized spacial score (nSPS) is 28.7. The highest BCUT2D eigenvalue weighted by molar-refractivity contribution is 8.15. The first kappa shape index (κ1) is 18.1. The van der Waals surface area contributed by atoms with Crippen molar-refractivity contribution in [3.05, 3.63) is 35.9 Å². The Morgan fingerprint density at radius 3 is 2.56 bits per heavy atom. The Balaban J connectivity index is 1.65. The van der Waals surface area contributed by atoms with Crippen LogP contribution in [0.5, 0.6) is 0 Å². The van der Waals surface area contributed by atoms with Gasteiger partial charge in [-0.15, -0.1) is 0 Å². The average molecular weight is 361 g/mol. The van der Waals surface area contributed by atoms with E-state index in [1.165, 1.54) is 11.8 Å². The highest BCUT2D eigenvalue weighted by Crippen LogP contribution is 2.47. The van der Waals surface area contributed by atoms with E-state index in [-0.39, 0.29) is 11.2 Å². The second-order valence-corrected chi connectivity index (χ2v) is 8.41. The molecule has 1 aromatic rings. The molecule has 0 aromatic heterocycles. The number of thioether (sulfide) groups is 1. The summed E-state index contributed by atoms with van der Waals surface area (Å²) in [6.45, 7) is 2.70. The Morgan fingerprint density at radius 2 is 1.88 bits per heavy atom. The summed E-state index contributed by atoms with van der Waals surface area (Å²) >= 11 is 1.19. The molecule has 0 radical (unpaired) electrons. The van der Waals surface area contributed by atoms with E-state index in [0.717, 1.165) is 25.8 Å².